The van der Waals surface area contributed by atoms with Crippen molar-refractivity contribution in [1.29, 1.82) is 0 Å². The molecule has 2 aromatic carbocycles. The first-order valence-corrected chi connectivity index (χ1v) is 8.08. The van der Waals surface area contributed by atoms with E-state index in [0.717, 1.165) is 34.9 Å². The molecule has 0 amide bonds. The number of aryl methyl sites for hydroxylation is 1. The first-order valence-electron chi connectivity index (χ1n) is 7.71. The van der Waals surface area contributed by atoms with Crippen molar-refractivity contribution in [3.05, 3.63) is 86.4 Å². The summed E-state index contributed by atoms with van der Waals surface area (Å²) < 4.78 is 55.4. The highest BCUT2D eigenvalue weighted by Gasteiger charge is 2.19. The maximum atomic E-state index is 14.0. The Hall–Kier alpha value is -2.87. The second kappa shape index (κ2) is 7.40. The van der Waals surface area contributed by atoms with E-state index in [-0.39, 0.29) is 23.8 Å². The SMILES string of the molecule is Cc1nc(NCc2ccc(F)cc2F)c(Cl)c(=O)n1-c1c(F)cccc1F. The summed E-state index contributed by atoms with van der Waals surface area (Å²) >= 11 is 6.00. The number of nitrogens with zero attached hydrogens (tertiary/aromatic N) is 2. The number of halogens is 5. The van der Waals surface area contributed by atoms with Crippen LogP contribution >= 0.6 is 11.6 Å². The fourth-order valence-corrected chi connectivity index (χ4v) is 2.73. The Bertz CT molecular complexity index is 1060. The third kappa shape index (κ3) is 3.66. The van der Waals surface area contributed by atoms with Gasteiger partial charge in [-0.1, -0.05) is 23.7 Å². The molecule has 4 nitrogen and oxygen atoms in total. The van der Waals surface area contributed by atoms with Gasteiger partial charge in [0.1, 0.15) is 39.8 Å². The first kappa shape index (κ1) is 18.9. The minimum atomic E-state index is -0.952. The molecule has 0 spiro atoms. The van der Waals surface area contributed by atoms with Gasteiger partial charge in [0.15, 0.2) is 5.82 Å². The van der Waals surface area contributed by atoms with Gasteiger partial charge in [-0.3, -0.25) is 9.36 Å². The van der Waals surface area contributed by atoms with Crippen molar-refractivity contribution in [3.8, 4) is 5.69 Å². The number of benzene rings is 2. The van der Waals surface area contributed by atoms with Gasteiger partial charge in [0.25, 0.3) is 5.56 Å². The van der Waals surface area contributed by atoms with Gasteiger partial charge in [-0.15, -0.1) is 0 Å². The second-order valence-corrected chi connectivity index (χ2v) is 6.00. The maximum Gasteiger partial charge on any atom is 0.279 e. The summed E-state index contributed by atoms with van der Waals surface area (Å²) in [6.07, 6.45) is 0. The summed E-state index contributed by atoms with van der Waals surface area (Å²) in [5.41, 5.74) is -1.36. The molecule has 0 saturated carbocycles. The van der Waals surface area contributed by atoms with E-state index in [1.807, 2.05) is 0 Å². The molecule has 0 aliphatic carbocycles. The van der Waals surface area contributed by atoms with E-state index in [2.05, 4.69) is 10.3 Å². The molecule has 27 heavy (non-hydrogen) atoms. The zero-order valence-electron chi connectivity index (χ0n) is 13.9. The zero-order chi connectivity index (χ0) is 19.7. The van der Waals surface area contributed by atoms with E-state index in [9.17, 15) is 22.4 Å². The summed E-state index contributed by atoms with van der Waals surface area (Å²) in [5.74, 6) is -3.53. The van der Waals surface area contributed by atoms with Gasteiger partial charge in [0.2, 0.25) is 0 Å². The lowest BCUT2D eigenvalue weighted by Crippen LogP contribution is -2.26. The fourth-order valence-electron chi connectivity index (χ4n) is 2.53. The Morgan fingerprint density at radius 1 is 1.07 bits per heavy atom. The molecule has 1 heterocycles. The van der Waals surface area contributed by atoms with Gasteiger partial charge in [-0.05, 0) is 25.1 Å². The largest absolute Gasteiger partial charge is 0.364 e. The first-order chi connectivity index (χ1) is 12.8. The predicted octanol–water partition coefficient (Wildman–Crippen LogP) is 4.36. The molecule has 0 unspecified atom stereocenters. The minimum Gasteiger partial charge on any atom is -0.364 e. The van der Waals surface area contributed by atoms with Crippen LogP contribution in [0.3, 0.4) is 0 Å². The quantitative estimate of drug-likeness (QED) is 0.665. The van der Waals surface area contributed by atoms with Gasteiger partial charge in [-0.2, -0.15) is 0 Å². The molecule has 140 valence electrons. The Morgan fingerprint density at radius 3 is 2.37 bits per heavy atom. The maximum absolute atomic E-state index is 14.0. The molecule has 9 heteroatoms. The van der Waals surface area contributed by atoms with Crippen LogP contribution in [-0.2, 0) is 6.54 Å². The lowest BCUT2D eigenvalue weighted by atomic mass is 10.2. The van der Waals surface area contributed by atoms with Crippen LogP contribution < -0.4 is 10.9 Å². The van der Waals surface area contributed by atoms with Crippen molar-refractivity contribution in [1.82, 2.24) is 9.55 Å². The zero-order valence-corrected chi connectivity index (χ0v) is 14.6. The lowest BCUT2D eigenvalue weighted by molar-refractivity contribution is 0.562. The van der Waals surface area contributed by atoms with Crippen LogP contribution in [-0.4, -0.2) is 9.55 Å². The third-order valence-electron chi connectivity index (χ3n) is 3.82. The van der Waals surface area contributed by atoms with Crippen molar-refractivity contribution < 1.29 is 17.6 Å². The van der Waals surface area contributed by atoms with Crippen LogP contribution in [0.5, 0.6) is 0 Å². The average Bonchev–Trinajstić information content (AvgIpc) is 2.60. The molecular formula is C18H12ClF4N3O. The average molecular weight is 398 g/mol. The van der Waals surface area contributed by atoms with Crippen molar-refractivity contribution in [2.75, 3.05) is 5.32 Å². The number of hydrogen-bond donors (Lipinski definition) is 1. The number of aromatic nitrogens is 2. The molecule has 1 aromatic heterocycles. The van der Waals surface area contributed by atoms with Crippen molar-refractivity contribution in [2.24, 2.45) is 0 Å². The molecule has 3 rings (SSSR count). The molecule has 1 N–H and O–H groups in total. The van der Waals surface area contributed by atoms with Crippen molar-refractivity contribution in [3.63, 3.8) is 0 Å². The summed E-state index contributed by atoms with van der Waals surface area (Å²) in [5, 5.41) is 2.25. The Morgan fingerprint density at radius 2 is 1.74 bits per heavy atom. The van der Waals surface area contributed by atoms with Gasteiger partial charge in [0, 0.05) is 18.2 Å². The molecule has 0 atom stereocenters. The number of nitrogens with one attached hydrogen (secondary N) is 1. The van der Waals surface area contributed by atoms with E-state index in [1.54, 1.807) is 0 Å². The van der Waals surface area contributed by atoms with Gasteiger partial charge in [-0.25, -0.2) is 22.5 Å². The normalized spacial score (nSPS) is 10.9. The number of hydrogen-bond acceptors (Lipinski definition) is 3. The van der Waals surface area contributed by atoms with E-state index in [0.29, 0.717) is 0 Å². The van der Waals surface area contributed by atoms with Gasteiger partial charge >= 0.3 is 0 Å². The summed E-state index contributed by atoms with van der Waals surface area (Å²) in [6, 6.07) is 6.20. The molecule has 0 fully saturated rings. The van der Waals surface area contributed by atoms with Crippen LogP contribution in [0.4, 0.5) is 23.4 Å². The van der Waals surface area contributed by atoms with Crippen LogP contribution in [0.25, 0.3) is 5.69 Å². The van der Waals surface area contributed by atoms with E-state index < -0.39 is 39.5 Å². The summed E-state index contributed by atoms with van der Waals surface area (Å²) in [7, 11) is 0. The minimum absolute atomic E-state index is 0.0320. The molecule has 0 aliphatic heterocycles. The third-order valence-corrected chi connectivity index (χ3v) is 4.16. The van der Waals surface area contributed by atoms with Crippen molar-refractivity contribution in [2.45, 2.75) is 13.5 Å². The predicted molar refractivity (Wildman–Crippen MR) is 93.2 cm³/mol. The summed E-state index contributed by atoms with van der Waals surface area (Å²) in [6.45, 7) is 1.24. The summed E-state index contributed by atoms with van der Waals surface area (Å²) in [4.78, 5) is 16.6. The smallest absolute Gasteiger partial charge is 0.279 e. The number of anilines is 1. The van der Waals surface area contributed by atoms with Crippen LogP contribution in [0.15, 0.2) is 41.2 Å². The Labute approximate surface area is 156 Å². The Kier molecular flexibility index (Phi) is 5.18. The highest BCUT2D eigenvalue weighted by Crippen LogP contribution is 2.22. The van der Waals surface area contributed by atoms with Crippen LogP contribution in [0.2, 0.25) is 5.02 Å². The van der Waals surface area contributed by atoms with E-state index in [1.165, 1.54) is 13.0 Å². The van der Waals surface area contributed by atoms with Gasteiger partial charge in [0.05, 0.1) is 0 Å². The van der Waals surface area contributed by atoms with E-state index >= 15 is 0 Å². The van der Waals surface area contributed by atoms with Crippen molar-refractivity contribution >= 4 is 17.4 Å². The molecule has 0 saturated heterocycles. The highest BCUT2D eigenvalue weighted by atomic mass is 35.5. The monoisotopic (exact) mass is 397 g/mol. The molecule has 0 radical (unpaired) electrons. The van der Waals surface area contributed by atoms with Crippen LogP contribution in [0, 0.1) is 30.2 Å². The molecule has 0 aliphatic rings. The number of para-hydroxylation sites is 1. The van der Waals surface area contributed by atoms with E-state index in [4.69, 9.17) is 11.6 Å². The fraction of sp³-hybridized carbons (Fsp3) is 0.111. The Balaban J connectivity index is 1.99. The van der Waals surface area contributed by atoms with Crippen LogP contribution in [0.1, 0.15) is 11.4 Å². The lowest BCUT2D eigenvalue weighted by Gasteiger charge is -2.15. The highest BCUT2D eigenvalue weighted by molar-refractivity contribution is 6.32. The standard InChI is InChI=1S/C18H12ClF4N3O/c1-9-25-17(24-8-10-5-6-11(20)7-14(10)23)15(19)18(27)26(9)16-12(21)3-2-4-13(16)22/h2-7,24H,8H2,1H3. The molecular weight excluding hydrogens is 386 g/mol. The number of rotatable bonds is 4. The second-order valence-electron chi connectivity index (χ2n) is 5.62. The topological polar surface area (TPSA) is 46.9 Å². The molecule has 3 aromatic rings. The molecule has 0 bridgehead atoms. The van der Waals surface area contributed by atoms with Gasteiger partial charge < -0.3 is 5.32 Å².